The minimum atomic E-state index is -2.74. The van der Waals surface area contributed by atoms with Gasteiger partial charge in [-0.05, 0) is 43.4 Å². The second kappa shape index (κ2) is 6.53. The van der Waals surface area contributed by atoms with Crippen LogP contribution in [0.2, 0.25) is 0 Å². The molecule has 0 spiro atoms. The molecule has 4 heteroatoms. The minimum absolute atomic E-state index is 0.343. The van der Waals surface area contributed by atoms with E-state index in [2.05, 4.69) is 36.5 Å². The Hall–Kier alpha value is -0.870. The van der Waals surface area contributed by atoms with E-state index in [1.807, 2.05) is 0 Å². The van der Waals surface area contributed by atoms with Crippen LogP contribution in [0.3, 0.4) is 0 Å². The molecule has 1 saturated heterocycles. The quantitative estimate of drug-likeness (QED) is 0.897. The van der Waals surface area contributed by atoms with Gasteiger partial charge in [-0.3, -0.25) is 0 Å². The van der Waals surface area contributed by atoms with Crippen LogP contribution in [0.4, 0.5) is 0 Å². The summed E-state index contributed by atoms with van der Waals surface area (Å²) in [6, 6.07) is 9.11. The van der Waals surface area contributed by atoms with E-state index in [4.69, 9.17) is 0 Å². The van der Waals surface area contributed by atoms with Crippen LogP contribution in [-0.4, -0.2) is 32.5 Å². The fraction of sp³-hybridized carbons (Fsp3) is 0.600. The van der Waals surface area contributed by atoms with Crippen LogP contribution in [0.5, 0.6) is 0 Å². The fourth-order valence-corrected chi connectivity index (χ4v) is 3.95. The number of aryl methyl sites for hydroxylation is 1. The molecule has 1 aliphatic heterocycles. The van der Waals surface area contributed by atoms with Crippen LogP contribution in [-0.2, 0) is 22.7 Å². The van der Waals surface area contributed by atoms with E-state index in [0.717, 1.165) is 32.2 Å². The molecule has 1 heterocycles. The highest BCUT2D eigenvalue weighted by Gasteiger charge is 2.22. The van der Waals surface area contributed by atoms with E-state index in [-0.39, 0.29) is 0 Å². The third kappa shape index (κ3) is 4.62. The van der Waals surface area contributed by atoms with E-state index in [9.17, 15) is 8.42 Å². The van der Waals surface area contributed by atoms with Crippen molar-refractivity contribution in [3.8, 4) is 0 Å². The number of sulfone groups is 1. The van der Waals surface area contributed by atoms with E-state index in [1.54, 1.807) is 0 Å². The summed E-state index contributed by atoms with van der Waals surface area (Å²) in [5, 5.41) is 3.47. The molecular weight excluding hydrogens is 258 g/mol. The molecule has 0 saturated carbocycles. The van der Waals surface area contributed by atoms with Crippen molar-refractivity contribution >= 4 is 9.84 Å². The number of hydrogen-bond acceptors (Lipinski definition) is 3. The van der Waals surface area contributed by atoms with Gasteiger partial charge in [0, 0.05) is 6.04 Å². The van der Waals surface area contributed by atoms with Gasteiger partial charge in [-0.15, -0.1) is 0 Å². The molecule has 1 fully saturated rings. The lowest BCUT2D eigenvalue weighted by Crippen LogP contribution is -2.38. The number of rotatable bonds is 5. The Morgan fingerprint density at radius 3 is 2.26 bits per heavy atom. The summed E-state index contributed by atoms with van der Waals surface area (Å²) in [4.78, 5) is 0. The van der Waals surface area contributed by atoms with Gasteiger partial charge in [-0.25, -0.2) is 8.42 Å². The summed E-state index contributed by atoms with van der Waals surface area (Å²) in [7, 11) is -2.74. The molecule has 1 aliphatic rings. The molecule has 1 aromatic carbocycles. The summed E-state index contributed by atoms with van der Waals surface area (Å²) < 4.78 is 22.6. The molecule has 0 bridgehead atoms. The first-order valence-corrected chi connectivity index (χ1v) is 8.93. The first kappa shape index (κ1) is 14.5. The number of nitrogens with one attached hydrogen (secondary N) is 1. The van der Waals surface area contributed by atoms with Crippen molar-refractivity contribution in [3.05, 3.63) is 35.4 Å². The van der Waals surface area contributed by atoms with Crippen molar-refractivity contribution in [1.29, 1.82) is 0 Å². The molecule has 0 aliphatic carbocycles. The normalized spacial score (nSPS) is 19.4. The van der Waals surface area contributed by atoms with Crippen LogP contribution in [0.15, 0.2) is 24.3 Å². The van der Waals surface area contributed by atoms with Gasteiger partial charge >= 0.3 is 0 Å². The zero-order chi connectivity index (χ0) is 13.7. The van der Waals surface area contributed by atoms with Gasteiger partial charge in [-0.2, -0.15) is 0 Å². The summed E-state index contributed by atoms with van der Waals surface area (Å²) in [6.07, 6.45) is 3.61. The number of hydrogen-bond donors (Lipinski definition) is 1. The van der Waals surface area contributed by atoms with Gasteiger partial charge in [-0.1, -0.05) is 31.2 Å². The predicted molar refractivity (Wildman–Crippen MR) is 79.2 cm³/mol. The average Bonchev–Trinajstić information content (AvgIpc) is 2.41. The molecule has 0 radical (unpaired) electrons. The summed E-state index contributed by atoms with van der Waals surface area (Å²) >= 11 is 0. The van der Waals surface area contributed by atoms with Crippen molar-refractivity contribution < 1.29 is 8.42 Å². The second-order valence-electron chi connectivity index (χ2n) is 5.30. The highest BCUT2D eigenvalue weighted by molar-refractivity contribution is 7.91. The Morgan fingerprint density at radius 1 is 1.11 bits per heavy atom. The Balaban J connectivity index is 1.71. The molecule has 19 heavy (non-hydrogen) atoms. The minimum Gasteiger partial charge on any atom is -0.314 e. The molecule has 0 amide bonds. The summed E-state index contributed by atoms with van der Waals surface area (Å²) in [5.74, 6) is 0.686. The fourth-order valence-electron chi connectivity index (χ4n) is 2.46. The van der Waals surface area contributed by atoms with Crippen molar-refractivity contribution in [2.24, 2.45) is 0 Å². The molecule has 1 aromatic rings. The largest absolute Gasteiger partial charge is 0.314 e. The lowest BCUT2D eigenvalue weighted by Gasteiger charge is -2.23. The van der Waals surface area contributed by atoms with Gasteiger partial charge in [0.1, 0.15) is 9.84 Å². The lowest BCUT2D eigenvalue weighted by molar-refractivity contribution is 0.466. The molecular formula is C15H23NO2S. The highest BCUT2D eigenvalue weighted by atomic mass is 32.2. The van der Waals surface area contributed by atoms with Crippen LogP contribution in [0.1, 0.15) is 30.9 Å². The van der Waals surface area contributed by atoms with Gasteiger partial charge in [0.2, 0.25) is 0 Å². The van der Waals surface area contributed by atoms with Crippen LogP contribution < -0.4 is 5.32 Å². The van der Waals surface area contributed by atoms with E-state index < -0.39 is 9.84 Å². The monoisotopic (exact) mass is 281 g/mol. The van der Waals surface area contributed by atoms with Crippen LogP contribution >= 0.6 is 0 Å². The van der Waals surface area contributed by atoms with Gasteiger partial charge < -0.3 is 5.32 Å². The number of benzene rings is 1. The van der Waals surface area contributed by atoms with E-state index in [1.165, 1.54) is 11.1 Å². The third-order valence-corrected chi connectivity index (χ3v) is 5.55. The maximum atomic E-state index is 11.3. The first-order valence-electron chi connectivity index (χ1n) is 7.10. The third-order valence-electron chi connectivity index (χ3n) is 3.83. The summed E-state index contributed by atoms with van der Waals surface area (Å²) in [5.41, 5.74) is 2.71. The van der Waals surface area contributed by atoms with Crippen LogP contribution in [0, 0.1) is 0 Å². The van der Waals surface area contributed by atoms with Crippen molar-refractivity contribution in [2.75, 3.05) is 18.1 Å². The standard InChI is InChI=1S/C15H23NO2S/c1-2-13-3-5-14(6-4-13)7-10-16-15-8-11-19(17,18)12-9-15/h3-6,15-16H,2,7-12H2,1H3. The van der Waals surface area contributed by atoms with Crippen molar-refractivity contribution in [1.82, 2.24) is 5.32 Å². The Bertz CT molecular complexity index is 479. The zero-order valence-electron chi connectivity index (χ0n) is 11.6. The average molecular weight is 281 g/mol. The maximum absolute atomic E-state index is 11.3. The predicted octanol–water partition coefficient (Wildman–Crippen LogP) is 1.96. The highest BCUT2D eigenvalue weighted by Crippen LogP contribution is 2.12. The van der Waals surface area contributed by atoms with E-state index >= 15 is 0 Å². The Labute approximate surface area is 116 Å². The topological polar surface area (TPSA) is 46.2 Å². The molecule has 2 rings (SSSR count). The van der Waals surface area contributed by atoms with Crippen molar-refractivity contribution in [3.63, 3.8) is 0 Å². The maximum Gasteiger partial charge on any atom is 0.150 e. The van der Waals surface area contributed by atoms with Crippen LogP contribution in [0.25, 0.3) is 0 Å². The SMILES string of the molecule is CCc1ccc(CCNC2CCS(=O)(=O)CC2)cc1. The molecule has 0 unspecified atom stereocenters. The first-order chi connectivity index (χ1) is 9.09. The molecule has 3 nitrogen and oxygen atoms in total. The smallest absolute Gasteiger partial charge is 0.150 e. The van der Waals surface area contributed by atoms with Crippen molar-refractivity contribution in [2.45, 2.75) is 38.6 Å². The zero-order valence-corrected chi connectivity index (χ0v) is 12.4. The molecule has 1 N–H and O–H groups in total. The molecule has 106 valence electrons. The molecule has 0 aromatic heterocycles. The Morgan fingerprint density at radius 2 is 1.68 bits per heavy atom. The molecule has 0 atom stereocenters. The second-order valence-corrected chi connectivity index (χ2v) is 7.60. The van der Waals surface area contributed by atoms with E-state index in [0.29, 0.717) is 17.5 Å². The Kier molecular flexibility index (Phi) is 4.99. The van der Waals surface area contributed by atoms with Gasteiger partial charge in [0.05, 0.1) is 11.5 Å². The van der Waals surface area contributed by atoms with Gasteiger partial charge in [0.15, 0.2) is 0 Å². The summed E-state index contributed by atoms with van der Waals surface area (Å²) in [6.45, 7) is 3.09. The lowest BCUT2D eigenvalue weighted by atomic mass is 10.1. The van der Waals surface area contributed by atoms with Gasteiger partial charge in [0.25, 0.3) is 0 Å².